The van der Waals surface area contributed by atoms with Crippen molar-refractivity contribution in [3.63, 3.8) is 0 Å². The molecule has 0 radical (unpaired) electrons. The number of ether oxygens (including phenoxy) is 2. The molecule has 1 amide bonds. The van der Waals surface area contributed by atoms with E-state index in [-0.39, 0.29) is 10.5 Å². The molecule has 0 N–H and O–H groups in total. The summed E-state index contributed by atoms with van der Waals surface area (Å²) in [5.41, 5.74) is 1.13. The molecule has 0 atom stereocenters. The SMILES string of the molecule is COc1cc2sc(=NC(=O)c3cccc(S(=O)(=O)C(C)C)c3)n(CCSC)c2cc1OC. The lowest BCUT2D eigenvalue weighted by atomic mass is 10.2. The minimum absolute atomic E-state index is 0.120. The van der Waals surface area contributed by atoms with Crippen LogP contribution in [0, 0.1) is 0 Å². The Hall–Kier alpha value is -2.30. The lowest BCUT2D eigenvalue weighted by Crippen LogP contribution is -2.18. The number of sulfone groups is 1. The summed E-state index contributed by atoms with van der Waals surface area (Å²) in [6.45, 7) is 3.88. The van der Waals surface area contributed by atoms with E-state index in [1.54, 1.807) is 52.0 Å². The van der Waals surface area contributed by atoms with Crippen molar-refractivity contribution < 1.29 is 22.7 Å². The zero-order valence-electron chi connectivity index (χ0n) is 18.6. The van der Waals surface area contributed by atoms with Gasteiger partial charge in [-0.15, -0.1) is 0 Å². The minimum atomic E-state index is -3.49. The number of thioether (sulfide) groups is 1. The number of carbonyl (C=O) groups is 1. The zero-order valence-corrected chi connectivity index (χ0v) is 21.1. The highest BCUT2D eigenvalue weighted by atomic mass is 32.2. The monoisotopic (exact) mass is 494 g/mol. The largest absolute Gasteiger partial charge is 0.493 e. The fourth-order valence-electron chi connectivity index (χ4n) is 3.11. The van der Waals surface area contributed by atoms with Gasteiger partial charge in [0.2, 0.25) is 0 Å². The molecular formula is C22H26N2O5S3. The van der Waals surface area contributed by atoms with Crippen LogP contribution in [0.3, 0.4) is 0 Å². The highest BCUT2D eigenvalue weighted by Crippen LogP contribution is 2.33. The average molecular weight is 495 g/mol. The number of rotatable bonds is 8. The predicted molar refractivity (Wildman–Crippen MR) is 130 cm³/mol. The van der Waals surface area contributed by atoms with Gasteiger partial charge in [0.25, 0.3) is 5.91 Å². The van der Waals surface area contributed by atoms with Gasteiger partial charge in [-0.25, -0.2) is 8.42 Å². The van der Waals surface area contributed by atoms with Crippen molar-refractivity contribution in [3.05, 3.63) is 46.8 Å². The van der Waals surface area contributed by atoms with Crippen molar-refractivity contribution in [2.24, 2.45) is 4.99 Å². The summed E-state index contributed by atoms with van der Waals surface area (Å²) in [4.78, 5) is 18.0. The first kappa shape index (κ1) is 24.3. The summed E-state index contributed by atoms with van der Waals surface area (Å²) < 4.78 is 38.7. The molecule has 0 saturated carbocycles. The quantitative estimate of drug-likeness (QED) is 0.470. The number of aryl methyl sites for hydroxylation is 1. The van der Waals surface area contributed by atoms with E-state index >= 15 is 0 Å². The third-order valence-electron chi connectivity index (χ3n) is 4.93. The van der Waals surface area contributed by atoms with E-state index in [4.69, 9.17) is 9.47 Å². The maximum Gasteiger partial charge on any atom is 0.279 e. The number of carbonyl (C=O) groups excluding carboxylic acids is 1. The Morgan fingerprint density at radius 3 is 2.47 bits per heavy atom. The van der Waals surface area contributed by atoms with Gasteiger partial charge in [0.05, 0.1) is 34.6 Å². The molecule has 3 rings (SSSR count). The summed E-state index contributed by atoms with van der Waals surface area (Å²) in [7, 11) is -0.335. The first-order valence-corrected chi connectivity index (χ1v) is 13.7. The maximum absolute atomic E-state index is 13.0. The van der Waals surface area contributed by atoms with Crippen LogP contribution in [0.4, 0.5) is 0 Å². The van der Waals surface area contributed by atoms with Gasteiger partial charge in [-0.2, -0.15) is 16.8 Å². The fraction of sp³-hybridized carbons (Fsp3) is 0.364. The van der Waals surface area contributed by atoms with Crippen LogP contribution in [0.5, 0.6) is 11.5 Å². The molecule has 7 nitrogen and oxygen atoms in total. The molecule has 172 valence electrons. The third kappa shape index (κ3) is 4.87. The van der Waals surface area contributed by atoms with Crippen LogP contribution in [0.2, 0.25) is 0 Å². The summed E-state index contributed by atoms with van der Waals surface area (Å²) in [6.07, 6.45) is 2.02. The summed E-state index contributed by atoms with van der Waals surface area (Å²) in [5, 5.41) is -0.578. The normalized spacial score (nSPS) is 12.5. The van der Waals surface area contributed by atoms with Crippen LogP contribution in [-0.4, -0.2) is 50.4 Å². The molecule has 1 heterocycles. The van der Waals surface area contributed by atoms with Gasteiger partial charge in [0.15, 0.2) is 26.1 Å². The Labute approximate surface area is 196 Å². The van der Waals surface area contributed by atoms with Crippen LogP contribution in [-0.2, 0) is 16.4 Å². The number of amides is 1. The van der Waals surface area contributed by atoms with E-state index in [9.17, 15) is 13.2 Å². The Balaban J connectivity index is 2.14. The van der Waals surface area contributed by atoms with Gasteiger partial charge < -0.3 is 14.0 Å². The Kier molecular flexibility index (Phi) is 7.68. The molecule has 0 unspecified atom stereocenters. The second-order valence-electron chi connectivity index (χ2n) is 7.24. The first-order valence-electron chi connectivity index (χ1n) is 9.90. The second-order valence-corrected chi connectivity index (χ2v) is 11.7. The topological polar surface area (TPSA) is 87.0 Å². The number of aromatic nitrogens is 1. The molecule has 2 aromatic carbocycles. The van der Waals surface area contributed by atoms with E-state index in [1.807, 2.05) is 23.0 Å². The number of fused-ring (bicyclic) bond motifs is 1. The standard InChI is InChI=1S/C22H26N2O5S3/c1-14(2)32(26,27)16-8-6-7-15(11-16)21(25)23-22-24(9-10-30-5)17-12-18(28-3)19(29-4)13-20(17)31-22/h6-8,11-14H,9-10H2,1-5H3. The van der Waals surface area contributed by atoms with Crippen molar-refractivity contribution >= 4 is 49.1 Å². The molecule has 0 aliphatic rings. The van der Waals surface area contributed by atoms with Crippen molar-refractivity contribution in [2.45, 2.75) is 30.5 Å². The predicted octanol–water partition coefficient (Wildman–Crippen LogP) is 4.01. The number of nitrogens with zero attached hydrogens (tertiary/aromatic N) is 2. The first-order chi connectivity index (χ1) is 15.2. The van der Waals surface area contributed by atoms with Gasteiger partial charge in [0.1, 0.15) is 0 Å². The van der Waals surface area contributed by atoms with Crippen LogP contribution < -0.4 is 14.3 Å². The van der Waals surface area contributed by atoms with E-state index < -0.39 is 21.0 Å². The molecule has 0 spiro atoms. The summed E-state index contributed by atoms with van der Waals surface area (Å²) >= 11 is 3.07. The number of thiazole rings is 1. The van der Waals surface area contributed by atoms with Crippen LogP contribution >= 0.6 is 23.1 Å². The van der Waals surface area contributed by atoms with Crippen LogP contribution in [0.1, 0.15) is 24.2 Å². The molecule has 3 aromatic rings. The average Bonchev–Trinajstić information content (AvgIpc) is 3.12. The highest BCUT2D eigenvalue weighted by Gasteiger charge is 2.20. The number of hydrogen-bond acceptors (Lipinski definition) is 7. The second kappa shape index (κ2) is 10.1. The van der Waals surface area contributed by atoms with E-state index in [1.165, 1.54) is 23.5 Å². The summed E-state index contributed by atoms with van der Waals surface area (Å²) in [6, 6.07) is 9.80. The summed E-state index contributed by atoms with van der Waals surface area (Å²) in [5.74, 6) is 1.54. The third-order valence-corrected chi connectivity index (χ3v) is 8.72. The molecule has 0 saturated heterocycles. The van der Waals surface area contributed by atoms with Crippen molar-refractivity contribution in [1.82, 2.24) is 4.57 Å². The minimum Gasteiger partial charge on any atom is -0.493 e. The molecule has 1 aromatic heterocycles. The number of benzene rings is 2. The van der Waals surface area contributed by atoms with Crippen LogP contribution in [0.25, 0.3) is 10.2 Å². The fourth-order valence-corrected chi connectivity index (χ4v) is 5.64. The van der Waals surface area contributed by atoms with Gasteiger partial charge in [0, 0.05) is 30.0 Å². The van der Waals surface area contributed by atoms with Gasteiger partial charge in [-0.3, -0.25) is 4.79 Å². The van der Waals surface area contributed by atoms with Crippen molar-refractivity contribution in [1.29, 1.82) is 0 Å². The van der Waals surface area contributed by atoms with E-state index in [0.29, 0.717) is 22.8 Å². The molecule has 0 fully saturated rings. The van der Waals surface area contributed by atoms with Crippen molar-refractivity contribution in [2.75, 3.05) is 26.2 Å². The Morgan fingerprint density at radius 2 is 1.84 bits per heavy atom. The Bertz CT molecular complexity index is 1310. The number of methoxy groups -OCH3 is 2. The van der Waals surface area contributed by atoms with Gasteiger partial charge >= 0.3 is 0 Å². The van der Waals surface area contributed by atoms with E-state index in [0.717, 1.165) is 16.0 Å². The lowest BCUT2D eigenvalue weighted by Gasteiger charge is -2.09. The van der Waals surface area contributed by atoms with Crippen LogP contribution in [0.15, 0.2) is 46.3 Å². The molecule has 0 aliphatic heterocycles. The van der Waals surface area contributed by atoms with Gasteiger partial charge in [-0.05, 0) is 38.3 Å². The van der Waals surface area contributed by atoms with Gasteiger partial charge in [-0.1, -0.05) is 17.4 Å². The number of hydrogen-bond donors (Lipinski definition) is 0. The zero-order chi connectivity index (χ0) is 23.5. The molecule has 0 bridgehead atoms. The van der Waals surface area contributed by atoms with Crippen molar-refractivity contribution in [3.8, 4) is 11.5 Å². The highest BCUT2D eigenvalue weighted by molar-refractivity contribution is 7.98. The molecule has 10 heteroatoms. The van der Waals surface area contributed by atoms with E-state index in [2.05, 4.69) is 4.99 Å². The maximum atomic E-state index is 13.0. The molecule has 32 heavy (non-hydrogen) atoms. The molecular weight excluding hydrogens is 468 g/mol. The lowest BCUT2D eigenvalue weighted by molar-refractivity contribution is 0.0997. The Morgan fingerprint density at radius 1 is 1.16 bits per heavy atom. The smallest absolute Gasteiger partial charge is 0.279 e. The molecule has 0 aliphatic carbocycles.